The van der Waals surface area contributed by atoms with Gasteiger partial charge in [-0.3, -0.25) is 9.69 Å². The molecule has 0 bridgehead atoms. The molecule has 1 saturated heterocycles. The number of benzene rings is 2. The fraction of sp³-hybridized carbons (Fsp3) is 0.296. The van der Waals surface area contributed by atoms with Gasteiger partial charge >= 0.3 is 0 Å². The molecule has 0 radical (unpaired) electrons. The van der Waals surface area contributed by atoms with Crippen molar-refractivity contribution in [1.82, 2.24) is 9.47 Å². The Balaban J connectivity index is 0.000000392. The number of ether oxygens (including phenoxy) is 2. The minimum absolute atomic E-state index is 0.0569. The van der Waals surface area contributed by atoms with Crippen LogP contribution in [0.2, 0.25) is 0 Å². The molecule has 36 heavy (non-hydrogen) atoms. The Morgan fingerprint density at radius 1 is 0.944 bits per heavy atom. The number of nitrogens with zero attached hydrogens (tertiary/aromatic N) is 2. The molecule has 1 aliphatic rings. The summed E-state index contributed by atoms with van der Waals surface area (Å²) in [5.41, 5.74) is 3.61. The van der Waals surface area contributed by atoms with E-state index in [0.717, 1.165) is 67.3 Å². The SMILES string of the molecule is COc1ccc(C(=O)c2c(C)n(CCN3CCOCC3)c3ccccc23)cc1.O=C([O-])/C=C\C(=O)[O-]. The number of carbonyl (C=O) groups excluding carboxylic acids is 3. The molecular weight excluding hydrogens is 464 g/mol. The second-order valence-corrected chi connectivity index (χ2v) is 8.11. The molecule has 0 amide bonds. The Kier molecular flexibility index (Phi) is 9.38. The summed E-state index contributed by atoms with van der Waals surface area (Å²) in [6.07, 6.45) is 0.769. The van der Waals surface area contributed by atoms with Crippen LogP contribution in [0.1, 0.15) is 21.6 Å². The van der Waals surface area contributed by atoms with E-state index < -0.39 is 11.9 Å². The Morgan fingerprint density at radius 3 is 2.14 bits per heavy atom. The summed E-state index contributed by atoms with van der Waals surface area (Å²) in [6.45, 7) is 7.41. The lowest BCUT2D eigenvalue weighted by Gasteiger charge is -2.27. The molecule has 3 aromatic rings. The summed E-state index contributed by atoms with van der Waals surface area (Å²) in [7, 11) is 1.63. The highest BCUT2D eigenvalue weighted by atomic mass is 16.5. The number of carboxylic acids is 2. The number of aliphatic carboxylic acids is 2. The Bertz CT molecular complexity index is 1220. The zero-order valence-electron chi connectivity index (χ0n) is 20.3. The van der Waals surface area contributed by atoms with Crippen molar-refractivity contribution in [3.05, 3.63) is 77.5 Å². The number of carboxylic acid groups (broad SMARTS) is 2. The second-order valence-electron chi connectivity index (χ2n) is 8.11. The Labute approximate surface area is 209 Å². The van der Waals surface area contributed by atoms with Crippen molar-refractivity contribution in [2.75, 3.05) is 40.0 Å². The summed E-state index contributed by atoms with van der Waals surface area (Å²) in [5, 5.41) is 19.8. The lowest BCUT2D eigenvalue weighted by Crippen LogP contribution is -2.38. The van der Waals surface area contributed by atoms with E-state index >= 15 is 0 Å². The molecule has 0 spiro atoms. The zero-order chi connectivity index (χ0) is 26.1. The summed E-state index contributed by atoms with van der Waals surface area (Å²) in [4.78, 5) is 34.6. The van der Waals surface area contributed by atoms with Crippen LogP contribution in [0, 0.1) is 6.92 Å². The van der Waals surface area contributed by atoms with Crippen LogP contribution in [-0.4, -0.2) is 67.1 Å². The molecule has 1 aliphatic heterocycles. The maximum absolute atomic E-state index is 13.3. The first-order valence-electron chi connectivity index (χ1n) is 11.5. The summed E-state index contributed by atoms with van der Waals surface area (Å²) in [6, 6.07) is 15.5. The quantitative estimate of drug-likeness (QED) is 0.330. The van der Waals surface area contributed by atoms with Crippen LogP contribution < -0.4 is 14.9 Å². The van der Waals surface area contributed by atoms with Gasteiger partial charge in [0.2, 0.25) is 0 Å². The Morgan fingerprint density at radius 2 is 1.56 bits per heavy atom. The largest absolute Gasteiger partial charge is 0.545 e. The number of aromatic nitrogens is 1. The first kappa shape index (κ1) is 26.7. The van der Waals surface area contributed by atoms with Crippen LogP contribution in [0.3, 0.4) is 0 Å². The number of ketones is 1. The van der Waals surface area contributed by atoms with Gasteiger partial charge in [0, 0.05) is 48.3 Å². The molecule has 0 N–H and O–H groups in total. The lowest BCUT2D eigenvalue weighted by molar-refractivity contribution is -0.301. The number of hydrogen-bond donors (Lipinski definition) is 0. The second kappa shape index (κ2) is 12.7. The van der Waals surface area contributed by atoms with E-state index in [9.17, 15) is 24.6 Å². The van der Waals surface area contributed by atoms with Gasteiger partial charge in [-0.2, -0.15) is 0 Å². The first-order valence-corrected chi connectivity index (χ1v) is 11.5. The molecule has 0 unspecified atom stereocenters. The molecule has 0 atom stereocenters. The van der Waals surface area contributed by atoms with Crippen LogP contribution >= 0.6 is 0 Å². The standard InChI is InChI=1S/C23H26N2O3.C4H4O4/c1-17-22(23(26)18-7-9-19(27-2)10-8-18)20-5-3-4-6-21(20)25(17)12-11-24-13-15-28-16-14-24;5-3(6)1-2-4(7)8/h3-10H,11-16H2,1-2H3;1-2H,(H,5,6)(H,7,8)/p-2/b;2-1-. The van der Waals surface area contributed by atoms with Gasteiger partial charge in [-0.1, -0.05) is 18.2 Å². The third-order valence-electron chi connectivity index (χ3n) is 5.91. The van der Waals surface area contributed by atoms with Crippen LogP contribution in [0.4, 0.5) is 0 Å². The average Bonchev–Trinajstić information content (AvgIpc) is 3.17. The molecular formula is C27H28N2O7-2. The van der Waals surface area contributed by atoms with E-state index in [2.05, 4.69) is 22.5 Å². The van der Waals surface area contributed by atoms with E-state index in [1.165, 1.54) is 0 Å². The molecule has 2 aromatic carbocycles. The van der Waals surface area contributed by atoms with Crippen LogP contribution in [0.5, 0.6) is 5.75 Å². The third-order valence-corrected chi connectivity index (χ3v) is 5.91. The molecule has 1 fully saturated rings. The third kappa shape index (κ3) is 6.80. The number of rotatable bonds is 8. The van der Waals surface area contributed by atoms with Crippen LogP contribution in [0.25, 0.3) is 10.9 Å². The highest BCUT2D eigenvalue weighted by Crippen LogP contribution is 2.28. The molecule has 2 heterocycles. The van der Waals surface area contributed by atoms with Gasteiger partial charge in [-0.25, -0.2) is 0 Å². The average molecular weight is 493 g/mol. The number of carbonyl (C=O) groups is 3. The summed E-state index contributed by atoms with van der Waals surface area (Å²) >= 11 is 0. The molecule has 0 saturated carbocycles. The fourth-order valence-corrected chi connectivity index (χ4v) is 4.09. The highest BCUT2D eigenvalue weighted by molar-refractivity contribution is 6.17. The maximum atomic E-state index is 13.3. The van der Waals surface area contributed by atoms with Gasteiger partial charge in [0.1, 0.15) is 5.75 Å². The van der Waals surface area contributed by atoms with Crippen molar-refractivity contribution >= 4 is 28.6 Å². The number of para-hydroxylation sites is 1. The molecule has 0 aliphatic carbocycles. The van der Waals surface area contributed by atoms with Gasteiger partial charge in [-0.05, 0) is 49.4 Å². The molecule has 190 valence electrons. The minimum atomic E-state index is -1.55. The van der Waals surface area contributed by atoms with Crippen molar-refractivity contribution < 1.29 is 34.1 Å². The minimum Gasteiger partial charge on any atom is -0.545 e. The number of fused-ring (bicyclic) bond motifs is 1. The van der Waals surface area contributed by atoms with Crippen molar-refractivity contribution in [2.24, 2.45) is 0 Å². The van der Waals surface area contributed by atoms with Gasteiger partial charge in [0.05, 0.1) is 37.8 Å². The monoisotopic (exact) mass is 492 g/mol. The molecule has 9 nitrogen and oxygen atoms in total. The number of methoxy groups -OCH3 is 1. The predicted octanol–water partition coefficient (Wildman–Crippen LogP) is 0.564. The molecule has 1 aromatic heterocycles. The van der Waals surface area contributed by atoms with E-state index in [0.29, 0.717) is 17.7 Å². The van der Waals surface area contributed by atoms with Gasteiger partial charge in [0.25, 0.3) is 0 Å². The van der Waals surface area contributed by atoms with Crippen molar-refractivity contribution in [3.8, 4) is 5.75 Å². The van der Waals surface area contributed by atoms with Gasteiger partial charge < -0.3 is 33.8 Å². The Hall–Kier alpha value is -3.95. The predicted molar refractivity (Wildman–Crippen MR) is 130 cm³/mol. The van der Waals surface area contributed by atoms with Gasteiger partial charge in [-0.15, -0.1) is 0 Å². The maximum Gasteiger partial charge on any atom is 0.195 e. The van der Waals surface area contributed by atoms with E-state index in [4.69, 9.17) is 9.47 Å². The van der Waals surface area contributed by atoms with E-state index in [1.54, 1.807) is 7.11 Å². The topological polar surface area (TPSA) is 124 Å². The highest BCUT2D eigenvalue weighted by Gasteiger charge is 2.21. The normalized spacial score (nSPS) is 13.8. The summed E-state index contributed by atoms with van der Waals surface area (Å²) < 4.78 is 12.9. The fourth-order valence-electron chi connectivity index (χ4n) is 4.09. The van der Waals surface area contributed by atoms with Crippen molar-refractivity contribution in [1.29, 1.82) is 0 Å². The van der Waals surface area contributed by atoms with E-state index in [-0.39, 0.29) is 5.78 Å². The molecule has 4 rings (SSSR count). The van der Waals surface area contributed by atoms with Crippen molar-refractivity contribution in [2.45, 2.75) is 13.5 Å². The summed E-state index contributed by atoms with van der Waals surface area (Å²) in [5.74, 6) is -2.29. The lowest BCUT2D eigenvalue weighted by atomic mass is 10.0. The smallest absolute Gasteiger partial charge is 0.195 e. The van der Waals surface area contributed by atoms with Gasteiger partial charge in [0.15, 0.2) is 5.78 Å². The number of morpholine rings is 1. The van der Waals surface area contributed by atoms with Crippen LogP contribution in [-0.2, 0) is 20.9 Å². The van der Waals surface area contributed by atoms with Crippen molar-refractivity contribution in [3.63, 3.8) is 0 Å². The first-order chi connectivity index (χ1) is 17.3. The van der Waals surface area contributed by atoms with Crippen LogP contribution in [0.15, 0.2) is 60.7 Å². The molecule has 9 heteroatoms. The zero-order valence-corrected chi connectivity index (χ0v) is 20.3. The number of hydrogen-bond acceptors (Lipinski definition) is 8. The van der Waals surface area contributed by atoms with E-state index in [1.807, 2.05) is 42.5 Å².